The first kappa shape index (κ1) is 16.4. The largest absolute Gasteiger partial charge is 0.391 e. The number of pyridine rings is 1. The highest BCUT2D eigenvalue weighted by atomic mass is 16.3. The number of carbonyl (C=O) groups excluding carboxylic acids is 1. The van der Waals surface area contributed by atoms with E-state index in [0.29, 0.717) is 6.54 Å². The Morgan fingerprint density at radius 1 is 1.40 bits per heavy atom. The van der Waals surface area contributed by atoms with Gasteiger partial charge in [-0.25, -0.2) is 4.79 Å². The molecule has 112 valence electrons. The molecule has 2 amide bonds. The summed E-state index contributed by atoms with van der Waals surface area (Å²) in [5, 5.41) is 15.3. The maximum absolute atomic E-state index is 11.6. The van der Waals surface area contributed by atoms with Crippen LogP contribution in [0.4, 0.5) is 4.79 Å². The van der Waals surface area contributed by atoms with Crippen LogP contribution >= 0.6 is 0 Å². The van der Waals surface area contributed by atoms with Crippen molar-refractivity contribution < 1.29 is 9.90 Å². The monoisotopic (exact) mass is 279 g/mol. The number of nitrogens with one attached hydrogen (secondary N) is 2. The summed E-state index contributed by atoms with van der Waals surface area (Å²) in [5.74, 6) is 0. The van der Waals surface area contributed by atoms with E-state index < -0.39 is 6.10 Å². The van der Waals surface area contributed by atoms with Gasteiger partial charge in [0, 0.05) is 25.5 Å². The zero-order chi connectivity index (χ0) is 15.2. The van der Waals surface area contributed by atoms with Crippen molar-refractivity contribution in [2.75, 3.05) is 13.1 Å². The van der Waals surface area contributed by atoms with Gasteiger partial charge in [-0.3, -0.25) is 4.98 Å². The molecule has 1 heterocycles. The Labute approximate surface area is 120 Å². The van der Waals surface area contributed by atoms with Crippen molar-refractivity contribution in [2.24, 2.45) is 5.41 Å². The van der Waals surface area contributed by atoms with Crippen LogP contribution in [0, 0.1) is 12.3 Å². The Bertz CT molecular complexity index is 441. The lowest BCUT2D eigenvalue weighted by Crippen LogP contribution is -2.44. The van der Waals surface area contributed by atoms with E-state index in [0.717, 1.165) is 12.0 Å². The quantitative estimate of drug-likeness (QED) is 0.767. The predicted octanol–water partition coefficient (Wildman–Crippen LogP) is 1.64. The molecule has 0 aliphatic heterocycles. The molecule has 0 bridgehead atoms. The summed E-state index contributed by atoms with van der Waals surface area (Å²) >= 11 is 0. The van der Waals surface area contributed by atoms with E-state index in [-0.39, 0.29) is 18.0 Å². The summed E-state index contributed by atoms with van der Waals surface area (Å²) in [4.78, 5) is 15.6. The van der Waals surface area contributed by atoms with Crippen molar-refractivity contribution in [3.63, 3.8) is 0 Å². The summed E-state index contributed by atoms with van der Waals surface area (Å²) in [6.07, 6.45) is 3.77. The number of nitrogens with zero attached hydrogens (tertiary/aromatic N) is 1. The van der Waals surface area contributed by atoms with Crippen molar-refractivity contribution in [1.29, 1.82) is 0 Å². The van der Waals surface area contributed by atoms with Gasteiger partial charge >= 0.3 is 6.03 Å². The lowest BCUT2D eigenvalue weighted by atomic mass is 9.89. The van der Waals surface area contributed by atoms with Gasteiger partial charge in [0.2, 0.25) is 0 Å². The van der Waals surface area contributed by atoms with Crippen molar-refractivity contribution >= 4 is 6.03 Å². The normalized spacial score (nSPS) is 12.8. The maximum Gasteiger partial charge on any atom is 0.314 e. The molecule has 5 nitrogen and oxygen atoms in total. The molecule has 0 saturated heterocycles. The van der Waals surface area contributed by atoms with Crippen molar-refractivity contribution in [2.45, 2.75) is 40.2 Å². The third-order valence-electron chi connectivity index (χ3n) is 3.27. The Kier molecular flexibility index (Phi) is 5.95. The number of aryl methyl sites for hydroxylation is 1. The topological polar surface area (TPSA) is 74.2 Å². The highest BCUT2D eigenvalue weighted by molar-refractivity contribution is 5.73. The number of amides is 2. The molecule has 0 saturated carbocycles. The summed E-state index contributed by atoms with van der Waals surface area (Å²) in [6.45, 7) is 8.62. The minimum absolute atomic E-state index is 0.235. The van der Waals surface area contributed by atoms with Gasteiger partial charge in [0.1, 0.15) is 0 Å². The van der Waals surface area contributed by atoms with E-state index in [4.69, 9.17) is 0 Å². The second-order valence-electron chi connectivity index (χ2n) is 6.07. The van der Waals surface area contributed by atoms with Crippen LogP contribution in [0.1, 0.15) is 31.9 Å². The Hall–Kier alpha value is -1.62. The predicted molar refractivity (Wildman–Crippen MR) is 79.5 cm³/mol. The number of hydrogen-bond donors (Lipinski definition) is 3. The molecule has 1 unspecified atom stereocenters. The zero-order valence-corrected chi connectivity index (χ0v) is 12.7. The minimum atomic E-state index is -0.560. The molecule has 0 fully saturated rings. The molecule has 0 aromatic carbocycles. The second kappa shape index (κ2) is 7.24. The van der Waals surface area contributed by atoms with E-state index in [2.05, 4.69) is 15.6 Å². The lowest BCUT2D eigenvalue weighted by molar-refractivity contribution is 0.0650. The van der Waals surface area contributed by atoms with Crippen LogP contribution < -0.4 is 10.6 Å². The molecule has 3 N–H and O–H groups in total. The molecule has 1 rings (SSSR count). The Balaban J connectivity index is 2.26. The summed E-state index contributed by atoms with van der Waals surface area (Å²) < 4.78 is 0. The molecule has 20 heavy (non-hydrogen) atoms. The number of carbonyl (C=O) groups is 1. The van der Waals surface area contributed by atoms with E-state index in [1.54, 1.807) is 6.20 Å². The fraction of sp³-hybridized carbons (Fsp3) is 0.600. The van der Waals surface area contributed by atoms with E-state index >= 15 is 0 Å². The van der Waals surface area contributed by atoms with Crippen LogP contribution in [0.25, 0.3) is 0 Å². The standard InChI is InChI=1S/C15H25N3O2/c1-11-9-16-7-5-12(11)6-8-17-14(20)18-10-13(19)15(2,3)4/h5,7,9,13,19H,6,8,10H2,1-4H3,(H2,17,18,20). The van der Waals surface area contributed by atoms with Gasteiger partial charge in [-0.05, 0) is 36.0 Å². The number of aliphatic hydroxyl groups excluding tert-OH is 1. The highest BCUT2D eigenvalue weighted by Crippen LogP contribution is 2.17. The van der Waals surface area contributed by atoms with Gasteiger partial charge < -0.3 is 15.7 Å². The minimum Gasteiger partial charge on any atom is -0.391 e. The van der Waals surface area contributed by atoms with Crippen LogP contribution in [-0.4, -0.2) is 35.3 Å². The van der Waals surface area contributed by atoms with Crippen LogP contribution in [0.15, 0.2) is 18.5 Å². The van der Waals surface area contributed by atoms with Crippen LogP contribution in [0.5, 0.6) is 0 Å². The first-order valence-corrected chi connectivity index (χ1v) is 6.90. The third kappa shape index (κ3) is 5.57. The maximum atomic E-state index is 11.6. The zero-order valence-electron chi connectivity index (χ0n) is 12.7. The number of urea groups is 1. The number of rotatable bonds is 5. The molecule has 0 aliphatic carbocycles. The summed E-state index contributed by atoms with van der Waals surface area (Å²) in [6, 6.07) is 1.71. The number of aromatic nitrogens is 1. The molecular formula is C15H25N3O2. The highest BCUT2D eigenvalue weighted by Gasteiger charge is 2.22. The fourth-order valence-electron chi connectivity index (χ4n) is 1.65. The Morgan fingerprint density at radius 3 is 2.70 bits per heavy atom. The molecular weight excluding hydrogens is 254 g/mol. The number of aliphatic hydroxyl groups is 1. The SMILES string of the molecule is Cc1cnccc1CCNC(=O)NCC(O)C(C)(C)C. The van der Waals surface area contributed by atoms with E-state index in [1.807, 2.05) is 40.0 Å². The van der Waals surface area contributed by atoms with Gasteiger partial charge in [-0.1, -0.05) is 20.8 Å². The fourth-order valence-corrected chi connectivity index (χ4v) is 1.65. The van der Waals surface area contributed by atoms with Gasteiger partial charge in [-0.15, -0.1) is 0 Å². The van der Waals surface area contributed by atoms with Crippen molar-refractivity contribution in [1.82, 2.24) is 15.6 Å². The molecule has 0 spiro atoms. The average Bonchev–Trinajstić information content (AvgIpc) is 2.37. The van der Waals surface area contributed by atoms with Gasteiger partial charge in [0.25, 0.3) is 0 Å². The molecule has 0 aliphatic rings. The van der Waals surface area contributed by atoms with Gasteiger partial charge in [0.05, 0.1) is 6.10 Å². The van der Waals surface area contributed by atoms with Crippen molar-refractivity contribution in [3.8, 4) is 0 Å². The van der Waals surface area contributed by atoms with Gasteiger partial charge in [0.15, 0.2) is 0 Å². The van der Waals surface area contributed by atoms with Crippen molar-refractivity contribution in [3.05, 3.63) is 29.6 Å². The summed E-state index contributed by atoms with van der Waals surface area (Å²) in [5.41, 5.74) is 2.06. The lowest BCUT2D eigenvalue weighted by Gasteiger charge is -2.25. The molecule has 1 aromatic rings. The van der Waals surface area contributed by atoms with Crippen LogP contribution in [0.3, 0.4) is 0 Å². The Morgan fingerprint density at radius 2 is 2.10 bits per heavy atom. The number of hydrogen-bond acceptors (Lipinski definition) is 3. The second-order valence-corrected chi connectivity index (χ2v) is 6.07. The smallest absolute Gasteiger partial charge is 0.314 e. The van der Waals surface area contributed by atoms with Crippen LogP contribution in [0.2, 0.25) is 0 Å². The van der Waals surface area contributed by atoms with Crippen LogP contribution in [-0.2, 0) is 6.42 Å². The molecule has 1 aromatic heterocycles. The van der Waals surface area contributed by atoms with E-state index in [1.165, 1.54) is 5.56 Å². The molecule has 5 heteroatoms. The average molecular weight is 279 g/mol. The first-order valence-electron chi connectivity index (χ1n) is 6.90. The molecule has 0 radical (unpaired) electrons. The third-order valence-corrected chi connectivity index (χ3v) is 3.27. The van der Waals surface area contributed by atoms with E-state index in [9.17, 15) is 9.90 Å². The first-order chi connectivity index (χ1) is 9.30. The van der Waals surface area contributed by atoms with Gasteiger partial charge in [-0.2, -0.15) is 0 Å². The molecule has 1 atom stereocenters. The summed E-state index contributed by atoms with van der Waals surface area (Å²) in [7, 11) is 0.